The highest BCUT2D eigenvalue weighted by molar-refractivity contribution is 5.33. The quantitative estimate of drug-likeness (QED) is 0.848. The van der Waals surface area contributed by atoms with Gasteiger partial charge in [-0.3, -0.25) is 0 Å². The van der Waals surface area contributed by atoms with Gasteiger partial charge in [-0.2, -0.15) is 0 Å². The fourth-order valence-electron chi connectivity index (χ4n) is 2.19. The molecule has 2 rings (SSSR count). The van der Waals surface area contributed by atoms with E-state index in [9.17, 15) is 9.50 Å². The molecule has 1 fully saturated rings. The zero-order valence-corrected chi connectivity index (χ0v) is 10.7. The maximum Gasteiger partial charge on any atom is 0.170 e. The van der Waals surface area contributed by atoms with Crippen LogP contribution in [-0.2, 0) is 4.74 Å². The molecule has 0 bridgehead atoms. The molecule has 0 heterocycles. The van der Waals surface area contributed by atoms with Crippen molar-refractivity contribution in [2.45, 2.75) is 32.0 Å². The van der Waals surface area contributed by atoms with Gasteiger partial charge in [0.2, 0.25) is 0 Å². The van der Waals surface area contributed by atoms with Gasteiger partial charge in [-0.1, -0.05) is 12.1 Å². The minimum absolute atomic E-state index is 0.151. The summed E-state index contributed by atoms with van der Waals surface area (Å²) in [7, 11) is 1.41. The molecule has 0 radical (unpaired) electrons. The molecule has 1 aromatic rings. The zero-order valence-electron chi connectivity index (χ0n) is 10.7. The Morgan fingerprint density at radius 1 is 1.44 bits per heavy atom. The molecule has 0 spiro atoms. The Hall–Kier alpha value is -1.13. The van der Waals surface area contributed by atoms with Crippen molar-refractivity contribution in [1.82, 2.24) is 0 Å². The summed E-state index contributed by atoms with van der Waals surface area (Å²) in [5.41, 5.74) is 0.250. The molecule has 18 heavy (non-hydrogen) atoms. The van der Waals surface area contributed by atoms with Gasteiger partial charge in [-0.05, 0) is 31.7 Å². The second-order valence-electron chi connectivity index (χ2n) is 4.57. The van der Waals surface area contributed by atoms with Crippen molar-refractivity contribution in [2.24, 2.45) is 5.92 Å². The smallest absolute Gasteiger partial charge is 0.170 e. The molecule has 1 aliphatic carbocycles. The van der Waals surface area contributed by atoms with Gasteiger partial charge in [0.05, 0.1) is 13.2 Å². The molecule has 0 aromatic heterocycles. The van der Waals surface area contributed by atoms with E-state index < -0.39 is 11.9 Å². The van der Waals surface area contributed by atoms with Crippen LogP contribution in [0.1, 0.15) is 31.4 Å². The lowest BCUT2D eigenvalue weighted by Crippen LogP contribution is -2.25. The summed E-state index contributed by atoms with van der Waals surface area (Å²) in [5, 5.41) is 10.3. The summed E-state index contributed by atoms with van der Waals surface area (Å²) >= 11 is 0. The Balaban J connectivity index is 2.23. The van der Waals surface area contributed by atoms with Gasteiger partial charge in [-0.15, -0.1) is 0 Å². The van der Waals surface area contributed by atoms with E-state index in [4.69, 9.17) is 9.47 Å². The zero-order chi connectivity index (χ0) is 13.1. The second kappa shape index (κ2) is 5.67. The number of hydrogen-bond acceptors (Lipinski definition) is 3. The average molecular weight is 254 g/mol. The van der Waals surface area contributed by atoms with Crippen molar-refractivity contribution in [3.8, 4) is 5.75 Å². The predicted octanol–water partition coefficient (Wildman–Crippen LogP) is 2.68. The number of rotatable bonds is 6. The lowest BCUT2D eigenvalue weighted by Gasteiger charge is -2.23. The van der Waals surface area contributed by atoms with Crippen LogP contribution in [0.5, 0.6) is 5.75 Å². The molecule has 2 atom stereocenters. The van der Waals surface area contributed by atoms with Crippen LogP contribution in [0.3, 0.4) is 0 Å². The highest BCUT2D eigenvalue weighted by Gasteiger charge is 2.38. The molecule has 100 valence electrons. The second-order valence-corrected chi connectivity index (χ2v) is 4.57. The van der Waals surface area contributed by atoms with Gasteiger partial charge in [0.15, 0.2) is 11.6 Å². The first-order valence-corrected chi connectivity index (χ1v) is 6.31. The molecule has 2 unspecified atom stereocenters. The van der Waals surface area contributed by atoms with Gasteiger partial charge < -0.3 is 14.6 Å². The molecule has 1 saturated carbocycles. The minimum Gasteiger partial charge on any atom is -0.494 e. The molecular formula is C14H19FO3. The normalized spacial score (nSPS) is 18.4. The Morgan fingerprint density at radius 3 is 2.72 bits per heavy atom. The lowest BCUT2D eigenvalue weighted by atomic mass is 10.00. The lowest BCUT2D eigenvalue weighted by molar-refractivity contribution is -0.0475. The summed E-state index contributed by atoms with van der Waals surface area (Å²) in [4.78, 5) is 0. The topological polar surface area (TPSA) is 38.7 Å². The Bertz CT molecular complexity index is 404. The van der Waals surface area contributed by atoms with Gasteiger partial charge >= 0.3 is 0 Å². The monoisotopic (exact) mass is 254 g/mol. The van der Waals surface area contributed by atoms with E-state index in [0.717, 1.165) is 12.8 Å². The Morgan fingerprint density at radius 2 is 2.17 bits per heavy atom. The van der Waals surface area contributed by atoms with E-state index in [2.05, 4.69) is 0 Å². The largest absolute Gasteiger partial charge is 0.494 e. The molecule has 4 heteroatoms. The first-order valence-electron chi connectivity index (χ1n) is 6.31. The van der Waals surface area contributed by atoms with Crippen molar-refractivity contribution >= 4 is 0 Å². The fraction of sp³-hybridized carbons (Fsp3) is 0.571. The first kappa shape index (κ1) is 13.3. The van der Waals surface area contributed by atoms with Crippen molar-refractivity contribution < 1.29 is 19.0 Å². The highest BCUT2D eigenvalue weighted by Crippen LogP contribution is 2.41. The molecule has 1 aromatic carbocycles. The summed E-state index contributed by atoms with van der Waals surface area (Å²) in [5.74, 6) is -0.0130. The van der Waals surface area contributed by atoms with E-state index in [1.54, 1.807) is 18.2 Å². The minimum atomic E-state index is -0.937. The van der Waals surface area contributed by atoms with Crippen molar-refractivity contribution in [1.29, 1.82) is 0 Å². The van der Waals surface area contributed by atoms with Crippen molar-refractivity contribution in [2.75, 3.05) is 13.7 Å². The van der Waals surface area contributed by atoms with Crippen LogP contribution >= 0.6 is 0 Å². The Labute approximate surface area is 107 Å². The van der Waals surface area contributed by atoms with Gasteiger partial charge in [0, 0.05) is 12.2 Å². The Kier molecular flexibility index (Phi) is 4.19. The van der Waals surface area contributed by atoms with Crippen LogP contribution in [0, 0.1) is 11.7 Å². The first-order chi connectivity index (χ1) is 8.69. The third-order valence-corrected chi connectivity index (χ3v) is 3.29. The summed E-state index contributed by atoms with van der Waals surface area (Å²) < 4.78 is 24.5. The van der Waals surface area contributed by atoms with Crippen LogP contribution in [0.25, 0.3) is 0 Å². The maximum atomic E-state index is 14.1. The number of methoxy groups -OCH3 is 1. The number of halogens is 1. The number of hydrogen-bond donors (Lipinski definition) is 1. The number of aliphatic hydroxyl groups excluding tert-OH is 1. The van der Waals surface area contributed by atoms with Crippen LogP contribution < -0.4 is 4.74 Å². The van der Waals surface area contributed by atoms with E-state index in [1.807, 2.05) is 6.92 Å². The van der Waals surface area contributed by atoms with Gasteiger partial charge in [0.25, 0.3) is 0 Å². The fourth-order valence-corrected chi connectivity index (χ4v) is 2.19. The highest BCUT2D eigenvalue weighted by atomic mass is 19.1. The number of benzene rings is 1. The maximum absolute atomic E-state index is 14.1. The molecule has 1 N–H and O–H groups in total. The molecule has 0 saturated heterocycles. The van der Waals surface area contributed by atoms with Crippen LogP contribution in [0.15, 0.2) is 18.2 Å². The number of ether oxygens (including phenoxy) is 2. The van der Waals surface area contributed by atoms with Crippen LogP contribution in [0.2, 0.25) is 0 Å². The van der Waals surface area contributed by atoms with Gasteiger partial charge in [0.1, 0.15) is 6.10 Å². The summed E-state index contributed by atoms with van der Waals surface area (Å²) in [6.45, 7) is 2.40. The molecule has 0 aliphatic heterocycles. The van der Waals surface area contributed by atoms with E-state index >= 15 is 0 Å². The third-order valence-electron chi connectivity index (χ3n) is 3.29. The average Bonchev–Trinajstić information content (AvgIpc) is 3.20. The standard InChI is InChI=1S/C14H19FO3/c1-3-18-14(9-7-8-9)13(16)10-5-4-6-11(17-2)12(10)15/h4-6,9,13-14,16H,3,7-8H2,1-2H3. The van der Waals surface area contributed by atoms with E-state index in [-0.39, 0.29) is 17.4 Å². The van der Waals surface area contributed by atoms with Crippen LogP contribution in [-0.4, -0.2) is 24.9 Å². The summed E-state index contributed by atoms with van der Waals surface area (Å²) in [6.07, 6.45) is 0.810. The SMILES string of the molecule is CCOC(C1CC1)C(O)c1cccc(OC)c1F. The number of aliphatic hydroxyl groups is 1. The van der Waals surface area contributed by atoms with Crippen molar-refractivity contribution in [3.05, 3.63) is 29.6 Å². The predicted molar refractivity (Wildman–Crippen MR) is 66.0 cm³/mol. The molecule has 1 aliphatic rings. The van der Waals surface area contributed by atoms with E-state index in [0.29, 0.717) is 12.5 Å². The van der Waals surface area contributed by atoms with E-state index in [1.165, 1.54) is 7.11 Å². The van der Waals surface area contributed by atoms with Gasteiger partial charge in [-0.25, -0.2) is 4.39 Å². The van der Waals surface area contributed by atoms with Crippen molar-refractivity contribution in [3.63, 3.8) is 0 Å². The molecule has 3 nitrogen and oxygen atoms in total. The summed E-state index contributed by atoms with van der Waals surface area (Å²) in [6, 6.07) is 4.80. The third kappa shape index (κ3) is 2.65. The van der Waals surface area contributed by atoms with Crippen LogP contribution in [0.4, 0.5) is 4.39 Å². The molecular weight excluding hydrogens is 235 g/mol. The molecule has 0 amide bonds.